The number of nitrogens with zero attached hydrogens (tertiary/aromatic N) is 2. The maximum atomic E-state index is 13.5. The maximum Gasteiger partial charge on any atom is 0.243 e. The highest BCUT2D eigenvalue weighted by molar-refractivity contribution is 7.89. The largest absolute Gasteiger partial charge is 0.395 e. The minimum atomic E-state index is -3.99. The number of aliphatic hydroxyl groups is 1. The molecule has 1 aliphatic heterocycles. The van der Waals surface area contributed by atoms with Gasteiger partial charge in [-0.2, -0.15) is 8.61 Å². The Morgan fingerprint density at radius 3 is 1.86 bits per heavy atom. The van der Waals surface area contributed by atoms with Crippen molar-refractivity contribution in [3.63, 3.8) is 0 Å². The molecule has 11 heteroatoms. The van der Waals surface area contributed by atoms with E-state index in [0.29, 0.717) is 19.3 Å². The van der Waals surface area contributed by atoms with Gasteiger partial charge >= 0.3 is 0 Å². The molecule has 1 saturated heterocycles. The van der Waals surface area contributed by atoms with E-state index in [1.54, 1.807) is 36.4 Å². The second kappa shape index (κ2) is 12.3. The van der Waals surface area contributed by atoms with Gasteiger partial charge in [-0.1, -0.05) is 35.4 Å². The van der Waals surface area contributed by atoms with E-state index in [4.69, 9.17) is 0 Å². The van der Waals surface area contributed by atoms with Crippen molar-refractivity contribution in [2.45, 2.75) is 55.4 Å². The van der Waals surface area contributed by atoms with Crippen molar-refractivity contribution in [3.05, 3.63) is 59.7 Å². The van der Waals surface area contributed by atoms with Crippen molar-refractivity contribution in [1.29, 1.82) is 0 Å². The number of hydrogen-bond donors (Lipinski definition) is 2. The van der Waals surface area contributed by atoms with Crippen molar-refractivity contribution in [2.75, 3.05) is 32.8 Å². The van der Waals surface area contributed by atoms with E-state index in [2.05, 4.69) is 5.32 Å². The smallest absolute Gasteiger partial charge is 0.243 e. The number of aryl methyl sites for hydroxylation is 2. The van der Waals surface area contributed by atoms with Gasteiger partial charge in [0.1, 0.15) is 0 Å². The third-order valence-electron chi connectivity index (χ3n) is 6.27. The van der Waals surface area contributed by atoms with Crippen LogP contribution in [-0.4, -0.2) is 75.3 Å². The van der Waals surface area contributed by atoms with Gasteiger partial charge in [0.25, 0.3) is 0 Å². The first-order valence-corrected chi connectivity index (χ1v) is 15.0. The summed E-state index contributed by atoms with van der Waals surface area (Å²) in [6.07, 6.45) is 1.01. The third kappa shape index (κ3) is 6.92. The van der Waals surface area contributed by atoms with Gasteiger partial charge in [0.2, 0.25) is 26.0 Å². The fourth-order valence-corrected chi connectivity index (χ4v) is 7.31. The molecule has 0 bridgehead atoms. The predicted molar refractivity (Wildman–Crippen MR) is 137 cm³/mol. The number of hydrogen-bond acceptors (Lipinski definition) is 6. The van der Waals surface area contributed by atoms with Gasteiger partial charge in [0.15, 0.2) is 0 Å². The first kappa shape index (κ1) is 28.3. The monoisotopic (exact) mass is 537 g/mol. The van der Waals surface area contributed by atoms with Gasteiger partial charge < -0.3 is 10.4 Å². The number of amides is 1. The van der Waals surface area contributed by atoms with Gasteiger partial charge in [-0.25, -0.2) is 16.8 Å². The lowest BCUT2D eigenvalue weighted by Crippen LogP contribution is -2.45. The molecule has 9 nitrogen and oxygen atoms in total. The Bertz CT molecular complexity index is 1230. The molecule has 0 aromatic heterocycles. The van der Waals surface area contributed by atoms with E-state index in [0.717, 1.165) is 11.1 Å². The van der Waals surface area contributed by atoms with Crippen molar-refractivity contribution in [3.8, 4) is 0 Å². The average Bonchev–Trinajstić information content (AvgIpc) is 2.85. The highest BCUT2D eigenvalue weighted by Crippen LogP contribution is 2.23. The summed E-state index contributed by atoms with van der Waals surface area (Å²) in [5, 5.41) is 12.7. The van der Waals surface area contributed by atoms with Gasteiger partial charge in [-0.3, -0.25) is 4.79 Å². The standard InChI is InChI=1S/C25H35N3O6S2/c1-20-6-10-23(11-7-20)35(31,32)27-15-3-4-17-28(22(19-29)18-25(30)26-14-5-16-27)36(33,34)24-12-8-21(2)9-13-24/h6-13,22,29H,3-5,14-19H2,1-2H3,(H,26,30). The number of nitrogens with one attached hydrogen (secondary N) is 1. The molecule has 1 fully saturated rings. The topological polar surface area (TPSA) is 124 Å². The van der Waals surface area contributed by atoms with Crippen molar-refractivity contribution in [2.24, 2.45) is 0 Å². The molecule has 1 heterocycles. The van der Waals surface area contributed by atoms with E-state index in [-0.39, 0.29) is 42.4 Å². The summed E-state index contributed by atoms with van der Waals surface area (Å²) in [4.78, 5) is 12.8. The molecule has 3 rings (SSSR count). The number of sulfonamides is 2. The zero-order valence-corrected chi connectivity index (χ0v) is 22.4. The molecule has 2 aromatic carbocycles. The number of carbonyl (C=O) groups excluding carboxylic acids is 1. The summed E-state index contributed by atoms with van der Waals surface area (Å²) in [6, 6.07) is 12.1. The molecule has 2 N–H and O–H groups in total. The lowest BCUT2D eigenvalue weighted by molar-refractivity contribution is -0.122. The third-order valence-corrected chi connectivity index (χ3v) is 10.1. The number of benzene rings is 2. The summed E-state index contributed by atoms with van der Waals surface area (Å²) in [6.45, 7) is 3.96. The van der Waals surface area contributed by atoms with Crippen LogP contribution in [-0.2, 0) is 24.8 Å². The fraction of sp³-hybridized carbons (Fsp3) is 0.480. The second-order valence-corrected chi connectivity index (χ2v) is 12.9. The lowest BCUT2D eigenvalue weighted by Gasteiger charge is -2.29. The zero-order chi connectivity index (χ0) is 26.3. The normalized spacial score (nSPS) is 20.1. The highest BCUT2D eigenvalue weighted by Gasteiger charge is 2.33. The number of rotatable bonds is 5. The molecule has 1 amide bonds. The van der Waals surface area contributed by atoms with Crippen molar-refractivity contribution in [1.82, 2.24) is 13.9 Å². The van der Waals surface area contributed by atoms with Crippen LogP contribution in [0.3, 0.4) is 0 Å². The molecular formula is C25H35N3O6S2. The summed E-state index contributed by atoms with van der Waals surface area (Å²) < 4.78 is 56.1. The Hall–Kier alpha value is -2.31. The Balaban J connectivity index is 1.85. The minimum absolute atomic E-state index is 0.0487. The summed E-state index contributed by atoms with van der Waals surface area (Å²) in [7, 11) is -7.73. The highest BCUT2D eigenvalue weighted by atomic mass is 32.2. The molecular weight excluding hydrogens is 502 g/mol. The lowest BCUT2D eigenvalue weighted by atomic mass is 10.2. The number of aliphatic hydroxyl groups excluding tert-OH is 1. The van der Waals surface area contributed by atoms with Crippen molar-refractivity contribution < 1.29 is 26.7 Å². The van der Waals surface area contributed by atoms with Crippen LogP contribution in [0.1, 0.15) is 36.8 Å². The van der Waals surface area contributed by atoms with Crippen LogP contribution in [0.2, 0.25) is 0 Å². The van der Waals surface area contributed by atoms with E-state index < -0.39 is 38.6 Å². The van der Waals surface area contributed by atoms with Crippen LogP contribution in [0.4, 0.5) is 0 Å². The molecule has 198 valence electrons. The zero-order valence-electron chi connectivity index (χ0n) is 20.8. The SMILES string of the molecule is Cc1ccc(S(=O)(=O)N2CCCCN(S(=O)(=O)c3ccc(C)cc3)C(CO)CC(=O)NCCC2)cc1. The quantitative estimate of drug-likeness (QED) is 0.602. The Kier molecular flexibility index (Phi) is 9.65. The van der Waals surface area contributed by atoms with Crippen LogP contribution in [0, 0.1) is 13.8 Å². The summed E-state index contributed by atoms with van der Waals surface area (Å²) in [5.41, 5.74) is 1.86. The molecule has 1 aliphatic rings. The molecule has 1 unspecified atom stereocenters. The van der Waals surface area contributed by atoms with Gasteiger partial charge in [0, 0.05) is 32.6 Å². The molecule has 0 spiro atoms. The molecule has 0 radical (unpaired) electrons. The maximum absolute atomic E-state index is 13.5. The van der Waals surface area contributed by atoms with Gasteiger partial charge in [-0.05, 0) is 57.4 Å². The Labute approximate surface area is 214 Å². The molecule has 36 heavy (non-hydrogen) atoms. The molecule has 0 saturated carbocycles. The van der Waals surface area contributed by atoms with Crippen molar-refractivity contribution >= 4 is 26.0 Å². The van der Waals surface area contributed by atoms with Crippen LogP contribution >= 0.6 is 0 Å². The van der Waals surface area contributed by atoms with E-state index >= 15 is 0 Å². The van der Waals surface area contributed by atoms with E-state index in [1.165, 1.54) is 20.7 Å². The second-order valence-electron chi connectivity index (χ2n) is 9.10. The molecule has 1 atom stereocenters. The average molecular weight is 538 g/mol. The number of carbonyl (C=O) groups is 1. The first-order chi connectivity index (χ1) is 17.1. The minimum Gasteiger partial charge on any atom is -0.395 e. The van der Waals surface area contributed by atoms with E-state index in [1.807, 2.05) is 13.8 Å². The summed E-state index contributed by atoms with van der Waals surface area (Å²) in [5.74, 6) is -0.398. The van der Waals surface area contributed by atoms with Gasteiger partial charge in [-0.15, -0.1) is 0 Å². The Morgan fingerprint density at radius 1 is 0.806 bits per heavy atom. The first-order valence-electron chi connectivity index (χ1n) is 12.1. The van der Waals surface area contributed by atoms with Crippen LogP contribution < -0.4 is 5.32 Å². The van der Waals surface area contributed by atoms with Crippen LogP contribution in [0.25, 0.3) is 0 Å². The predicted octanol–water partition coefficient (Wildman–Crippen LogP) is 2.04. The van der Waals surface area contributed by atoms with E-state index in [9.17, 15) is 26.7 Å². The fourth-order valence-electron chi connectivity index (χ4n) is 4.14. The van der Waals surface area contributed by atoms with Crippen LogP contribution in [0.15, 0.2) is 58.3 Å². The van der Waals surface area contributed by atoms with Crippen LogP contribution in [0.5, 0.6) is 0 Å². The summed E-state index contributed by atoms with van der Waals surface area (Å²) >= 11 is 0. The Morgan fingerprint density at radius 2 is 1.31 bits per heavy atom. The van der Waals surface area contributed by atoms with Gasteiger partial charge in [0.05, 0.1) is 22.4 Å². The molecule has 2 aromatic rings. The molecule has 0 aliphatic carbocycles.